The number of nitriles is 1. The van der Waals surface area contributed by atoms with Crippen LogP contribution >= 0.6 is 0 Å². The predicted octanol–water partition coefficient (Wildman–Crippen LogP) is 2.45. The van der Waals surface area contributed by atoms with Crippen molar-refractivity contribution in [3.05, 3.63) is 53.2 Å². The fourth-order valence-corrected chi connectivity index (χ4v) is 1.70. The molecule has 0 spiro atoms. The van der Waals surface area contributed by atoms with Crippen molar-refractivity contribution in [3.63, 3.8) is 0 Å². The van der Waals surface area contributed by atoms with Crippen LogP contribution in [0.15, 0.2) is 30.3 Å². The lowest BCUT2D eigenvalue weighted by molar-refractivity contribution is 0.627. The van der Waals surface area contributed by atoms with Crippen LogP contribution in [0.25, 0.3) is 0 Å². The van der Waals surface area contributed by atoms with Gasteiger partial charge >= 0.3 is 0 Å². The van der Waals surface area contributed by atoms with Crippen molar-refractivity contribution < 1.29 is 4.39 Å². The van der Waals surface area contributed by atoms with Crippen LogP contribution in [0.3, 0.4) is 0 Å². The summed E-state index contributed by atoms with van der Waals surface area (Å²) in [5.41, 5.74) is 1.39. The Hall–Kier alpha value is -2.48. The molecule has 2 aromatic rings. The second-order valence-electron chi connectivity index (χ2n) is 4.10. The number of aromatic nitrogens is 2. The van der Waals surface area contributed by atoms with Gasteiger partial charge in [-0.05, 0) is 31.0 Å². The molecule has 0 saturated heterocycles. The molecule has 0 fully saturated rings. The monoisotopic (exact) mass is 256 g/mol. The van der Waals surface area contributed by atoms with Gasteiger partial charge in [-0.2, -0.15) is 5.26 Å². The Balaban J connectivity index is 1.94. The van der Waals surface area contributed by atoms with E-state index in [4.69, 9.17) is 5.26 Å². The molecule has 96 valence electrons. The maximum absolute atomic E-state index is 12.7. The molecule has 4 nitrogen and oxygen atoms in total. The third kappa shape index (κ3) is 3.75. The first kappa shape index (κ1) is 13.0. The van der Waals surface area contributed by atoms with E-state index >= 15 is 0 Å². The molecule has 0 aliphatic rings. The molecule has 0 aliphatic carbocycles. The number of rotatable bonds is 4. The zero-order valence-electron chi connectivity index (χ0n) is 10.5. The van der Waals surface area contributed by atoms with Crippen LogP contribution in [-0.4, -0.2) is 16.5 Å². The fourth-order valence-electron chi connectivity index (χ4n) is 1.70. The minimum Gasteiger partial charge on any atom is -0.370 e. The molecule has 0 amide bonds. The van der Waals surface area contributed by atoms with Gasteiger partial charge in [0.1, 0.15) is 29.2 Å². The van der Waals surface area contributed by atoms with Crippen LogP contribution < -0.4 is 5.32 Å². The lowest BCUT2D eigenvalue weighted by Gasteiger charge is -2.06. The van der Waals surface area contributed by atoms with Gasteiger partial charge in [0, 0.05) is 12.6 Å². The number of hydrogen-bond donors (Lipinski definition) is 1. The summed E-state index contributed by atoms with van der Waals surface area (Å²) in [4.78, 5) is 8.17. The van der Waals surface area contributed by atoms with Gasteiger partial charge in [-0.25, -0.2) is 14.4 Å². The van der Waals surface area contributed by atoms with E-state index in [0.29, 0.717) is 23.9 Å². The molecule has 1 heterocycles. The van der Waals surface area contributed by atoms with E-state index in [9.17, 15) is 4.39 Å². The van der Waals surface area contributed by atoms with Crippen molar-refractivity contribution in [1.82, 2.24) is 9.97 Å². The molecule has 1 N–H and O–H groups in total. The van der Waals surface area contributed by atoms with Crippen LogP contribution in [0.2, 0.25) is 0 Å². The lowest BCUT2D eigenvalue weighted by atomic mass is 10.1. The molecular weight excluding hydrogens is 243 g/mol. The van der Waals surface area contributed by atoms with Gasteiger partial charge in [0.2, 0.25) is 0 Å². The van der Waals surface area contributed by atoms with Crippen LogP contribution in [0.1, 0.15) is 17.1 Å². The van der Waals surface area contributed by atoms with E-state index in [-0.39, 0.29) is 5.82 Å². The van der Waals surface area contributed by atoms with Crippen molar-refractivity contribution in [2.45, 2.75) is 13.3 Å². The first-order valence-corrected chi connectivity index (χ1v) is 5.91. The van der Waals surface area contributed by atoms with Crippen molar-refractivity contribution in [2.75, 3.05) is 11.9 Å². The Morgan fingerprint density at radius 2 is 2.00 bits per heavy atom. The highest BCUT2D eigenvalue weighted by Gasteiger charge is 2.01. The molecule has 2 rings (SSSR count). The maximum atomic E-state index is 12.7. The summed E-state index contributed by atoms with van der Waals surface area (Å²) in [5.74, 6) is 0.955. The second-order valence-corrected chi connectivity index (χ2v) is 4.10. The molecule has 0 unspecified atom stereocenters. The summed E-state index contributed by atoms with van der Waals surface area (Å²) in [6, 6.07) is 9.99. The minimum atomic E-state index is -0.234. The molecule has 0 bridgehead atoms. The van der Waals surface area contributed by atoms with E-state index < -0.39 is 0 Å². The van der Waals surface area contributed by atoms with Crippen molar-refractivity contribution in [2.24, 2.45) is 0 Å². The molecule has 0 atom stereocenters. The molecule has 1 aromatic carbocycles. The zero-order valence-corrected chi connectivity index (χ0v) is 10.5. The standard InChI is InChI=1S/C14H13FN4/c1-10-18-13(9-16)8-14(19-10)17-7-6-11-2-4-12(15)5-3-11/h2-5,8H,6-7H2,1H3,(H,17,18,19). The summed E-state index contributed by atoms with van der Waals surface area (Å²) in [6.45, 7) is 2.40. The average Bonchev–Trinajstić information content (AvgIpc) is 2.40. The van der Waals surface area contributed by atoms with E-state index in [2.05, 4.69) is 15.3 Å². The third-order valence-electron chi connectivity index (χ3n) is 2.59. The van der Waals surface area contributed by atoms with Gasteiger partial charge < -0.3 is 5.32 Å². The third-order valence-corrected chi connectivity index (χ3v) is 2.59. The Morgan fingerprint density at radius 1 is 1.26 bits per heavy atom. The zero-order chi connectivity index (χ0) is 13.7. The molecule has 19 heavy (non-hydrogen) atoms. The second kappa shape index (κ2) is 5.91. The normalized spacial score (nSPS) is 9.95. The number of hydrogen-bond acceptors (Lipinski definition) is 4. The fraction of sp³-hybridized carbons (Fsp3) is 0.214. The number of halogens is 1. The van der Waals surface area contributed by atoms with E-state index in [1.165, 1.54) is 12.1 Å². The van der Waals surface area contributed by atoms with E-state index in [0.717, 1.165) is 12.0 Å². The van der Waals surface area contributed by atoms with Gasteiger partial charge in [-0.3, -0.25) is 0 Å². The largest absolute Gasteiger partial charge is 0.370 e. The van der Waals surface area contributed by atoms with Crippen LogP contribution in [0, 0.1) is 24.1 Å². The summed E-state index contributed by atoms with van der Waals surface area (Å²) in [7, 11) is 0. The van der Waals surface area contributed by atoms with Crippen molar-refractivity contribution in [1.29, 1.82) is 5.26 Å². The number of anilines is 1. The van der Waals surface area contributed by atoms with Gasteiger partial charge in [0.25, 0.3) is 0 Å². The highest BCUT2D eigenvalue weighted by Crippen LogP contribution is 2.07. The average molecular weight is 256 g/mol. The Bertz CT molecular complexity index is 602. The molecule has 0 aliphatic heterocycles. The number of nitrogens with zero attached hydrogens (tertiary/aromatic N) is 3. The molecule has 1 aromatic heterocycles. The summed E-state index contributed by atoms with van der Waals surface area (Å²) in [5, 5.41) is 11.9. The molecule has 0 saturated carbocycles. The number of aryl methyl sites for hydroxylation is 1. The van der Waals surface area contributed by atoms with Crippen LogP contribution in [0.4, 0.5) is 10.2 Å². The summed E-state index contributed by atoms with van der Waals surface area (Å²) >= 11 is 0. The van der Waals surface area contributed by atoms with Gasteiger partial charge in [-0.1, -0.05) is 12.1 Å². The minimum absolute atomic E-state index is 0.234. The summed E-state index contributed by atoms with van der Waals surface area (Å²) < 4.78 is 12.7. The van der Waals surface area contributed by atoms with E-state index in [1.807, 2.05) is 6.07 Å². The quantitative estimate of drug-likeness (QED) is 0.912. The van der Waals surface area contributed by atoms with Gasteiger partial charge in [-0.15, -0.1) is 0 Å². The van der Waals surface area contributed by atoms with E-state index in [1.54, 1.807) is 25.1 Å². The summed E-state index contributed by atoms with van der Waals surface area (Å²) in [6.07, 6.45) is 0.755. The van der Waals surface area contributed by atoms with Crippen molar-refractivity contribution >= 4 is 5.82 Å². The van der Waals surface area contributed by atoms with Gasteiger partial charge in [0.15, 0.2) is 0 Å². The Kier molecular flexibility index (Phi) is 4.04. The smallest absolute Gasteiger partial charge is 0.146 e. The highest BCUT2D eigenvalue weighted by molar-refractivity contribution is 5.40. The SMILES string of the molecule is Cc1nc(C#N)cc(NCCc2ccc(F)cc2)n1. The Labute approximate surface area is 110 Å². The first-order valence-electron chi connectivity index (χ1n) is 5.91. The van der Waals surface area contributed by atoms with Crippen molar-refractivity contribution in [3.8, 4) is 6.07 Å². The first-order chi connectivity index (χ1) is 9.17. The molecule has 0 radical (unpaired) electrons. The predicted molar refractivity (Wildman–Crippen MR) is 70.1 cm³/mol. The number of nitrogens with one attached hydrogen (secondary N) is 1. The van der Waals surface area contributed by atoms with Crippen LogP contribution in [0.5, 0.6) is 0 Å². The Morgan fingerprint density at radius 3 is 2.68 bits per heavy atom. The molecule has 5 heteroatoms. The van der Waals surface area contributed by atoms with Gasteiger partial charge in [0.05, 0.1) is 0 Å². The van der Waals surface area contributed by atoms with Crippen LogP contribution in [-0.2, 0) is 6.42 Å². The topological polar surface area (TPSA) is 61.6 Å². The molecular formula is C14H13FN4. The lowest BCUT2D eigenvalue weighted by Crippen LogP contribution is -2.08. The highest BCUT2D eigenvalue weighted by atomic mass is 19.1. The maximum Gasteiger partial charge on any atom is 0.146 e. The number of benzene rings is 1.